The molecule has 0 saturated carbocycles. The molecule has 112 valence electrons. The Morgan fingerprint density at radius 1 is 1.00 bits per heavy atom. The van der Waals surface area contributed by atoms with Crippen molar-refractivity contribution in [1.82, 2.24) is 0 Å². The summed E-state index contributed by atoms with van der Waals surface area (Å²) in [5.74, 6) is 7.67. The first-order chi connectivity index (χ1) is 10.3. The van der Waals surface area contributed by atoms with E-state index >= 15 is 0 Å². The number of aliphatic hydroxyl groups is 1. The van der Waals surface area contributed by atoms with Gasteiger partial charge in [0.2, 0.25) is 0 Å². The molecule has 21 heavy (non-hydrogen) atoms. The normalized spacial score (nSPS) is 11.3. The quantitative estimate of drug-likeness (QED) is 0.556. The van der Waals surface area contributed by atoms with Gasteiger partial charge in [-0.15, -0.1) is 6.42 Å². The second kappa shape index (κ2) is 11.0. The van der Waals surface area contributed by atoms with Crippen LogP contribution in [0, 0.1) is 24.2 Å². The molecule has 1 atom stereocenters. The predicted octanol–water partition coefficient (Wildman–Crippen LogP) is 4.33. The number of hydrogen-bond donors (Lipinski definition) is 1. The molecular formula is C20H26O. The summed E-state index contributed by atoms with van der Waals surface area (Å²) < 4.78 is 0. The van der Waals surface area contributed by atoms with Crippen LogP contribution in [0.15, 0.2) is 24.3 Å². The smallest absolute Gasteiger partial charge is 0.176 e. The highest BCUT2D eigenvalue weighted by Gasteiger charge is 1.95. The average molecular weight is 282 g/mol. The summed E-state index contributed by atoms with van der Waals surface area (Å²) in [7, 11) is 0. The third-order valence-corrected chi connectivity index (χ3v) is 3.53. The minimum absolute atomic E-state index is 0.896. The highest BCUT2D eigenvalue weighted by molar-refractivity contribution is 5.38. The predicted molar refractivity (Wildman–Crippen MR) is 89.9 cm³/mol. The molecule has 0 fully saturated rings. The van der Waals surface area contributed by atoms with Crippen molar-refractivity contribution in [2.24, 2.45) is 0 Å². The molecule has 0 aliphatic carbocycles. The van der Waals surface area contributed by atoms with Gasteiger partial charge in [0, 0.05) is 5.56 Å². The standard InChI is InChI=1S/C20H26O/c1-3-5-6-7-8-9-10-11-18-12-14-19(15-13-18)16-17-20(21)4-2/h2,12-15,20-21H,3,5-11H2,1H3. The molecule has 1 heteroatoms. The lowest BCUT2D eigenvalue weighted by atomic mass is 10.0. The van der Waals surface area contributed by atoms with Crippen LogP contribution in [-0.2, 0) is 6.42 Å². The molecule has 0 aromatic heterocycles. The third kappa shape index (κ3) is 8.23. The van der Waals surface area contributed by atoms with Crippen LogP contribution in [0.3, 0.4) is 0 Å². The van der Waals surface area contributed by atoms with Crippen LogP contribution in [0.5, 0.6) is 0 Å². The first-order valence-electron chi connectivity index (χ1n) is 8.01. The van der Waals surface area contributed by atoms with Gasteiger partial charge in [-0.3, -0.25) is 0 Å². The molecule has 0 amide bonds. The molecule has 1 N–H and O–H groups in total. The summed E-state index contributed by atoms with van der Waals surface area (Å²) in [6, 6.07) is 8.21. The van der Waals surface area contributed by atoms with E-state index in [0.29, 0.717) is 0 Å². The van der Waals surface area contributed by atoms with Gasteiger partial charge in [-0.25, -0.2) is 0 Å². The van der Waals surface area contributed by atoms with Gasteiger partial charge in [-0.1, -0.05) is 75.3 Å². The van der Waals surface area contributed by atoms with E-state index in [2.05, 4.69) is 36.8 Å². The highest BCUT2D eigenvalue weighted by Crippen LogP contribution is 2.11. The number of rotatable bonds is 8. The van der Waals surface area contributed by atoms with Crippen LogP contribution in [0.25, 0.3) is 0 Å². The molecule has 1 unspecified atom stereocenters. The summed E-state index contributed by atoms with van der Waals surface area (Å²) in [6.07, 6.45) is 14.6. The van der Waals surface area contributed by atoms with Gasteiger partial charge in [0.05, 0.1) is 0 Å². The Balaban J connectivity index is 2.25. The van der Waals surface area contributed by atoms with E-state index in [-0.39, 0.29) is 0 Å². The van der Waals surface area contributed by atoms with Crippen molar-refractivity contribution in [3.05, 3.63) is 35.4 Å². The fourth-order valence-corrected chi connectivity index (χ4v) is 2.23. The van der Waals surface area contributed by atoms with E-state index in [1.54, 1.807) is 0 Å². The fraction of sp³-hybridized carbons (Fsp3) is 0.500. The summed E-state index contributed by atoms with van der Waals surface area (Å²) in [5, 5.41) is 9.18. The number of unbranched alkanes of at least 4 members (excludes halogenated alkanes) is 6. The van der Waals surface area contributed by atoms with Gasteiger partial charge in [0.1, 0.15) is 0 Å². The molecule has 0 spiro atoms. The highest BCUT2D eigenvalue weighted by atomic mass is 16.3. The molecule has 0 saturated heterocycles. The zero-order valence-electron chi connectivity index (χ0n) is 13.1. The Morgan fingerprint density at radius 3 is 2.24 bits per heavy atom. The van der Waals surface area contributed by atoms with Crippen LogP contribution in [0.4, 0.5) is 0 Å². The Bertz CT molecular complexity index is 481. The van der Waals surface area contributed by atoms with E-state index in [9.17, 15) is 5.11 Å². The van der Waals surface area contributed by atoms with Crippen LogP contribution < -0.4 is 0 Å². The van der Waals surface area contributed by atoms with E-state index in [1.165, 1.54) is 50.5 Å². The second-order valence-corrected chi connectivity index (χ2v) is 5.41. The minimum atomic E-state index is -0.975. The molecule has 1 rings (SSSR count). The number of aliphatic hydroxyl groups excluding tert-OH is 1. The van der Waals surface area contributed by atoms with Crippen LogP contribution in [0.1, 0.15) is 63.0 Å². The van der Waals surface area contributed by atoms with Gasteiger partial charge in [-0.05, 0) is 30.5 Å². The number of terminal acetylenes is 1. The van der Waals surface area contributed by atoms with Crippen molar-refractivity contribution in [3.63, 3.8) is 0 Å². The maximum absolute atomic E-state index is 9.18. The molecule has 0 heterocycles. The molecule has 0 bridgehead atoms. The summed E-state index contributed by atoms with van der Waals surface area (Å²) in [6.45, 7) is 2.25. The Morgan fingerprint density at radius 2 is 1.62 bits per heavy atom. The van der Waals surface area contributed by atoms with E-state index in [4.69, 9.17) is 6.42 Å². The number of hydrogen-bond acceptors (Lipinski definition) is 1. The first-order valence-corrected chi connectivity index (χ1v) is 8.01. The zero-order valence-corrected chi connectivity index (χ0v) is 13.1. The van der Waals surface area contributed by atoms with Gasteiger partial charge >= 0.3 is 0 Å². The SMILES string of the molecule is C#CC(O)C#Cc1ccc(CCCCCCCCC)cc1. The number of benzene rings is 1. The summed E-state index contributed by atoms with van der Waals surface area (Å²) in [5.41, 5.74) is 2.25. The van der Waals surface area contributed by atoms with Crippen molar-refractivity contribution < 1.29 is 5.11 Å². The minimum Gasteiger partial charge on any atom is -0.369 e. The average Bonchev–Trinajstić information content (AvgIpc) is 2.52. The zero-order chi connectivity index (χ0) is 15.3. The molecule has 0 radical (unpaired) electrons. The van der Waals surface area contributed by atoms with E-state index in [0.717, 1.165) is 12.0 Å². The fourth-order valence-electron chi connectivity index (χ4n) is 2.23. The van der Waals surface area contributed by atoms with Crippen LogP contribution >= 0.6 is 0 Å². The first kappa shape index (κ1) is 17.4. The summed E-state index contributed by atoms with van der Waals surface area (Å²) in [4.78, 5) is 0. The monoisotopic (exact) mass is 282 g/mol. The van der Waals surface area contributed by atoms with Crippen molar-refractivity contribution in [1.29, 1.82) is 0 Å². The molecule has 1 aromatic carbocycles. The van der Waals surface area contributed by atoms with Gasteiger partial charge in [-0.2, -0.15) is 0 Å². The van der Waals surface area contributed by atoms with Crippen molar-refractivity contribution in [3.8, 4) is 24.2 Å². The molecule has 1 aromatic rings. The lowest BCUT2D eigenvalue weighted by molar-refractivity contribution is 0.290. The van der Waals surface area contributed by atoms with Crippen LogP contribution in [-0.4, -0.2) is 11.2 Å². The maximum Gasteiger partial charge on any atom is 0.176 e. The van der Waals surface area contributed by atoms with Gasteiger partial charge < -0.3 is 5.11 Å². The van der Waals surface area contributed by atoms with Crippen molar-refractivity contribution in [2.75, 3.05) is 0 Å². The van der Waals surface area contributed by atoms with Gasteiger partial charge in [0.15, 0.2) is 6.10 Å². The van der Waals surface area contributed by atoms with Crippen molar-refractivity contribution in [2.45, 2.75) is 64.4 Å². The molecule has 1 nitrogen and oxygen atoms in total. The van der Waals surface area contributed by atoms with Crippen LogP contribution in [0.2, 0.25) is 0 Å². The topological polar surface area (TPSA) is 20.2 Å². The van der Waals surface area contributed by atoms with Gasteiger partial charge in [0.25, 0.3) is 0 Å². The van der Waals surface area contributed by atoms with E-state index < -0.39 is 6.10 Å². The lowest BCUT2D eigenvalue weighted by Gasteiger charge is -2.02. The van der Waals surface area contributed by atoms with Crippen molar-refractivity contribution >= 4 is 0 Å². The number of aryl methyl sites for hydroxylation is 1. The lowest BCUT2D eigenvalue weighted by Crippen LogP contribution is -1.96. The Hall–Kier alpha value is -1.70. The largest absolute Gasteiger partial charge is 0.369 e. The second-order valence-electron chi connectivity index (χ2n) is 5.41. The van der Waals surface area contributed by atoms with E-state index in [1.807, 2.05) is 12.1 Å². The molecule has 0 aliphatic heterocycles. The Labute approximate surface area is 129 Å². The third-order valence-electron chi connectivity index (χ3n) is 3.53. The molecule has 0 aliphatic rings. The Kier molecular flexibility index (Phi) is 9.10. The maximum atomic E-state index is 9.18. The molecular weight excluding hydrogens is 256 g/mol. The summed E-state index contributed by atoms with van der Waals surface area (Å²) >= 11 is 0.